The van der Waals surface area contributed by atoms with Crippen molar-refractivity contribution >= 4 is 11.9 Å². The van der Waals surface area contributed by atoms with E-state index in [2.05, 4.69) is 5.32 Å². The molecule has 1 amide bonds. The van der Waals surface area contributed by atoms with Gasteiger partial charge in [0.2, 0.25) is 0 Å². The number of phenolic OH excluding ortho intramolecular Hbond substituents is 1. The Kier molecular flexibility index (Phi) is 4.27. The molecule has 0 unspecified atom stereocenters. The molecule has 2 aromatic rings. The average Bonchev–Trinajstić information content (AvgIpc) is 2.86. The summed E-state index contributed by atoms with van der Waals surface area (Å²) in [5.74, 6) is -1.43. The van der Waals surface area contributed by atoms with Crippen molar-refractivity contribution in [3.63, 3.8) is 0 Å². The summed E-state index contributed by atoms with van der Waals surface area (Å²) in [7, 11) is 1.71. The lowest BCUT2D eigenvalue weighted by molar-refractivity contribution is -0.139. The molecule has 1 aromatic heterocycles. The van der Waals surface area contributed by atoms with E-state index in [9.17, 15) is 19.8 Å². The molecule has 0 aliphatic heterocycles. The third-order valence-electron chi connectivity index (χ3n) is 3.16. The van der Waals surface area contributed by atoms with Crippen molar-refractivity contribution in [1.82, 2.24) is 9.88 Å². The first-order valence-corrected chi connectivity index (χ1v) is 6.40. The molecular formula is C15H16N2O4. The second kappa shape index (κ2) is 6.13. The van der Waals surface area contributed by atoms with Gasteiger partial charge >= 0.3 is 5.97 Å². The molecule has 1 atom stereocenters. The number of aliphatic carboxylic acids is 1. The van der Waals surface area contributed by atoms with Crippen LogP contribution in [0.1, 0.15) is 16.1 Å². The van der Waals surface area contributed by atoms with E-state index in [0.29, 0.717) is 11.3 Å². The largest absolute Gasteiger partial charge is 0.508 e. The van der Waals surface area contributed by atoms with Crippen LogP contribution in [0.5, 0.6) is 5.75 Å². The van der Waals surface area contributed by atoms with E-state index in [-0.39, 0.29) is 12.2 Å². The molecule has 1 heterocycles. The highest BCUT2D eigenvalue weighted by Gasteiger charge is 2.22. The van der Waals surface area contributed by atoms with Gasteiger partial charge in [0, 0.05) is 19.7 Å². The number of benzene rings is 1. The van der Waals surface area contributed by atoms with E-state index < -0.39 is 17.9 Å². The van der Waals surface area contributed by atoms with Crippen LogP contribution in [0.3, 0.4) is 0 Å². The summed E-state index contributed by atoms with van der Waals surface area (Å²) in [6, 6.07) is 8.51. The lowest BCUT2D eigenvalue weighted by Gasteiger charge is -2.15. The normalized spacial score (nSPS) is 11.9. The Bertz CT molecular complexity index is 646. The van der Waals surface area contributed by atoms with Gasteiger partial charge in [0.1, 0.15) is 17.5 Å². The molecule has 1 aromatic carbocycles. The van der Waals surface area contributed by atoms with E-state index in [4.69, 9.17) is 0 Å². The van der Waals surface area contributed by atoms with Crippen LogP contribution in [0.15, 0.2) is 42.6 Å². The number of carbonyl (C=O) groups is 2. The molecule has 21 heavy (non-hydrogen) atoms. The molecular weight excluding hydrogens is 272 g/mol. The molecule has 2 rings (SSSR count). The van der Waals surface area contributed by atoms with Gasteiger partial charge in [-0.3, -0.25) is 4.79 Å². The van der Waals surface area contributed by atoms with E-state index >= 15 is 0 Å². The minimum Gasteiger partial charge on any atom is -0.508 e. The van der Waals surface area contributed by atoms with E-state index in [1.807, 2.05) is 0 Å². The van der Waals surface area contributed by atoms with Gasteiger partial charge in [0.15, 0.2) is 0 Å². The van der Waals surface area contributed by atoms with E-state index in [1.54, 1.807) is 42.1 Å². The lowest BCUT2D eigenvalue weighted by Crippen LogP contribution is -2.42. The third-order valence-corrected chi connectivity index (χ3v) is 3.16. The zero-order chi connectivity index (χ0) is 15.4. The van der Waals surface area contributed by atoms with Crippen LogP contribution in [0.2, 0.25) is 0 Å². The molecule has 0 saturated carbocycles. The number of carbonyl (C=O) groups excluding carboxylic acids is 1. The molecule has 0 aliphatic rings. The highest BCUT2D eigenvalue weighted by atomic mass is 16.4. The topological polar surface area (TPSA) is 91.6 Å². The summed E-state index contributed by atoms with van der Waals surface area (Å²) in [4.78, 5) is 23.3. The lowest BCUT2D eigenvalue weighted by atomic mass is 10.1. The molecule has 0 aliphatic carbocycles. The summed E-state index contributed by atoms with van der Waals surface area (Å²) < 4.78 is 1.62. The standard InChI is InChI=1S/C15H16N2O4/c1-17-8-2-3-13(17)14(19)16-12(15(20)21)9-10-4-6-11(18)7-5-10/h2-8,12,18H,9H2,1H3,(H,16,19)(H,20,21)/t12-/m1/s1. The minimum atomic E-state index is -1.11. The average molecular weight is 288 g/mol. The molecule has 0 fully saturated rings. The number of hydrogen-bond donors (Lipinski definition) is 3. The van der Waals surface area contributed by atoms with Crippen LogP contribution in [-0.2, 0) is 18.3 Å². The fourth-order valence-electron chi connectivity index (χ4n) is 2.00. The smallest absolute Gasteiger partial charge is 0.326 e. The molecule has 3 N–H and O–H groups in total. The number of rotatable bonds is 5. The predicted molar refractivity (Wildman–Crippen MR) is 76.1 cm³/mol. The second-order valence-electron chi connectivity index (χ2n) is 4.74. The fourth-order valence-corrected chi connectivity index (χ4v) is 2.00. The van der Waals surface area contributed by atoms with Crippen molar-refractivity contribution in [1.29, 1.82) is 0 Å². The maximum atomic E-state index is 12.1. The molecule has 0 spiro atoms. The van der Waals surface area contributed by atoms with Gasteiger partial charge in [-0.1, -0.05) is 12.1 Å². The number of aromatic hydroxyl groups is 1. The Morgan fingerprint density at radius 3 is 2.43 bits per heavy atom. The van der Waals surface area contributed by atoms with Crippen molar-refractivity contribution in [2.24, 2.45) is 7.05 Å². The van der Waals surface area contributed by atoms with E-state index in [0.717, 1.165) is 0 Å². The molecule has 6 heteroatoms. The zero-order valence-electron chi connectivity index (χ0n) is 11.5. The second-order valence-corrected chi connectivity index (χ2v) is 4.74. The Labute approximate surface area is 121 Å². The number of amides is 1. The molecule has 0 bridgehead atoms. The number of carboxylic acid groups (broad SMARTS) is 1. The molecule has 0 saturated heterocycles. The number of aromatic nitrogens is 1. The maximum absolute atomic E-state index is 12.1. The van der Waals surface area contributed by atoms with Crippen molar-refractivity contribution < 1.29 is 19.8 Å². The van der Waals surface area contributed by atoms with Gasteiger partial charge in [0.05, 0.1) is 0 Å². The number of aryl methyl sites for hydroxylation is 1. The number of carboxylic acids is 1. The van der Waals surface area contributed by atoms with Gasteiger partial charge in [-0.25, -0.2) is 4.79 Å². The predicted octanol–water partition coefficient (Wildman–Crippen LogP) is 1.16. The number of nitrogens with one attached hydrogen (secondary N) is 1. The SMILES string of the molecule is Cn1cccc1C(=O)N[C@H](Cc1ccc(O)cc1)C(=O)O. The highest BCUT2D eigenvalue weighted by molar-refractivity contribution is 5.95. The van der Waals surface area contributed by atoms with Gasteiger partial charge in [-0.05, 0) is 29.8 Å². The van der Waals surface area contributed by atoms with Crippen molar-refractivity contribution in [3.05, 3.63) is 53.9 Å². The Balaban J connectivity index is 2.09. The number of hydrogen-bond acceptors (Lipinski definition) is 3. The summed E-state index contributed by atoms with van der Waals surface area (Å²) in [5.41, 5.74) is 1.11. The summed E-state index contributed by atoms with van der Waals surface area (Å²) in [6.45, 7) is 0. The Morgan fingerprint density at radius 1 is 1.24 bits per heavy atom. The molecule has 6 nitrogen and oxygen atoms in total. The van der Waals surface area contributed by atoms with Crippen LogP contribution in [-0.4, -0.2) is 32.7 Å². The number of nitrogens with zero attached hydrogens (tertiary/aromatic N) is 1. The van der Waals surface area contributed by atoms with Crippen LogP contribution < -0.4 is 5.32 Å². The zero-order valence-corrected chi connectivity index (χ0v) is 11.5. The molecule has 0 radical (unpaired) electrons. The summed E-state index contributed by atoms with van der Waals surface area (Å²) >= 11 is 0. The van der Waals surface area contributed by atoms with Gasteiger partial charge < -0.3 is 20.1 Å². The Hall–Kier alpha value is -2.76. The van der Waals surface area contributed by atoms with Crippen LogP contribution in [0.25, 0.3) is 0 Å². The monoisotopic (exact) mass is 288 g/mol. The maximum Gasteiger partial charge on any atom is 0.326 e. The number of phenols is 1. The molecule has 110 valence electrons. The Morgan fingerprint density at radius 2 is 1.90 bits per heavy atom. The van der Waals surface area contributed by atoms with Crippen molar-refractivity contribution in [3.8, 4) is 5.75 Å². The minimum absolute atomic E-state index is 0.110. The van der Waals surface area contributed by atoms with Crippen LogP contribution >= 0.6 is 0 Å². The first-order valence-electron chi connectivity index (χ1n) is 6.40. The van der Waals surface area contributed by atoms with Gasteiger partial charge in [-0.2, -0.15) is 0 Å². The highest BCUT2D eigenvalue weighted by Crippen LogP contribution is 2.12. The first-order chi connectivity index (χ1) is 9.97. The van der Waals surface area contributed by atoms with Crippen LogP contribution in [0, 0.1) is 0 Å². The van der Waals surface area contributed by atoms with Crippen molar-refractivity contribution in [2.75, 3.05) is 0 Å². The summed E-state index contributed by atoms with van der Waals surface area (Å²) in [5, 5.41) is 20.9. The van der Waals surface area contributed by atoms with E-state index in [1.165, 1.54) is 12.1 Å². The van der Waals surface area contributed by atoms with Crippen LogP contribution in [0.4, 0.5) is 0 Å². The van der Waals surface area contributed by atoms with Gasteiger partial charge in [0.25, 0.3) is 5.91 Å². The first kappa shape index (κ1) is 14.6. The summed E-state index contributed by atoms with van der Waals surface area (Å²) in [6.07, 6.45) is 1.86. The quantitative estimate of drug-likeness (QED) is 0.770. The fraction of sp³-hybridized carbons (Fsp3) is 0.200. The van der Waals surface area contributed by atoms with Crippen molar-refractivity contribution in [2.45, 2.75) is 12.5 Å². The van der Waals surface area contributed by atoms with Gasteiger partial charge in [-0.15, -0.1) is 0 Å². The third kappa shape index (κ3) is 3.62.